The van der Waals surface area contributed by atoms with Crippen molar-refractivity contribution in [1.82, 2.24) is 33.5 Å². The van der Waals surface area contributed by atoms with Gasteiger partial charge in [0.25, 0.3) is 12.0 Å². The number of aliphatic hydroxyl groups is 1. The third-order valence-electron chi connectivity index (χ3n) is 9.16. The van der Waals surface area contributed by atoms with Crippen LogP contribution in [0.4, 0.5) is 13.6 Å². The van der Waals surface area contributed by atoms with Gasteiger partial charge in [-0.15, -0.1) is 0 Å². The molecule has 2 amide bonds. The van der Waals surface area contributed by atoms with Crippen LogP contribution >= 0.6 is 23.1 Å². The summed E-state index contributed by atoms with van der Waals surface area (Å²) >= 11 is 6.95. The third kappa shape index (κ3) is 7.33. The SMILES string of the molecule is CN(C(=O)OC(C)(C)C)C1CCc2cc(-c3snc4c(=O)n(CC5(O)CCN(C(=O)CC(C(F)F)n6ccc(Cl)n6)CC5)cnc34)ccc21. The van der Waals surface area contributed by atoms with E-state index in [0.29, 0.717) is 5.52 Å². The zero-order valence-corrected chi connectivity index (χ0v) is 29.2. The molecule has 1 aromatic carbocycles. The van der Waals surface area contributed by atoms with Gasteiger partial charge in [0.1, 0.15) is 17.2 Å². The van der Waals surface area contributed by atoms with Gasteiger partial charge in [-0.25, -0.2) is 18.6 Å². The van der Waals surface area contributed by atoms with Crippen LogP contribution in [0.3, 0.4) is 0 Å². The van der Waals surface area contributed by atoms with E-state index in [-0.39, 0.29) is 55.3 Å². The largest absolute Gasteiger partial charge is 0.444 e. The van der Waals surface area contributed by atoms with Crippen LogP contribution in [0.2, 0.25) is 5.15 Å². The van der Waals surface area contributed by atoms with Crippen LogP contribution < -0.4 is 5.56 Å². The first-order chi connectivity index (χ1) is 23.1. The Morgan fingerprint density at radius 1 is 1.20 bits per heavy atom. The average molecular weight is 718 g/mol. The molecule has 0 radical (unpaired) electrons. The molecular formula is C33H38ClF2N7O5S. The molecule has 0 bridgehead atoms. The minimum Gasteiger partial charge on any atom is -0.444 e. The maximum absolute atomic E-state index is 13.7. The van der Waals surface area contributed by atoms with Crippen molar-refractivity contribution in [1.29, 1.82) is 0 Å². The van der Waals surface area contributed by atoms with E-state index in [1.807, 2.05) is 32.9 Å². The van der Waals surface area contributed by atoms with Crippen molar-refractivity contribution in [2.24, 2.45) is 0 Å². The number of carbonyl (C=O) groups is 2. The van der Waals surface area contributed by atoms with E-state index < -0.39 is 41.6 Å². The van der Waals surface area contributed by atoms with E-state index in [4.69, 9.17) is 16.3 Å². The highest BCUT2D eigenvalue weighted by atomic mass is 35.5. The van der Waals surface area contributed by atoms with Gasteiger partial charge >= 0.3 is 6.09 Å². The standard InChI is InChI=1S/C33H38ClF2N7O5S/c1-32(2,3)48-31(46)40(4)22-8-6-19-15-20(5-7-21(19)22)28-26-27(39-49-28)30(45)42(18-37-26)17-33(47)10-13-41(14-11-33)25(44)16-23(29(35)36)43-12-9-24(34)38-43/h5,7,9,12,15,18,22-23,29,47H,6,8,10-11,13-14,16-17H2,1-4H3. The summed E-state index contributed by atoms with van der Waals surface area (Å²) in [4.78, 5) is 47.5. The molecule has 4 aromatic rings. The number of benzene rings is 1. The average Bonchev–Trinajstić information content (AvgIpc) is 3.78. The molecule has 1 aliphatic carbocycles. The van der Waals surface area contributed by atoms with Crippen molar-refractivity contribution in [3.63, 3.8) is 0 Å². The fraction of sp³-hybridized carbons (Fsp3) is 0.515. The van der Waals surface area contributed by atoms with Gasteiger partial charge in [0.15, 0.2) is 10.7 Å². The van der Waals surface area contributed by atoms with Gasteiger partial charge in [-0.05, 0) is 86.8 Å². The van der Waals surface area contributed by atoms with E-state index in [1.54, 1.807) is 11.9 Å². The highest BCUT2D eigenvalue weighted by molar-refractivity contribution is 7.11. The first-order valence-corrected chi connectivity index (χ1v) is 17.2. The maximum Gasteiger partial charge on any atom is 0.410 e. The van der Waals surface area contributed by atoms with Crippen LogP contribution in [0.5, 0.6) is 0 Å². The predicted molar refractivity (Wildman–Crippen MR) is 180 cm³/mol. The Labute approximate surface area is 290 Å². The van der Waals surface area contributed by atoms with Crippen LogP contribution in [0.1, 0.15) is 69.7 Å². The number of alkyl halides is 2. The highest BCUT2D eigenvalue weighted by Gasteiger charge is 2.37. The van der Waals surface area contributed by atoms with E-state index in [1.165, 1.54) is 39.6 Å². The van der Waals surface area contributed by atoms with Crippen LogP contribution in [-0.4, -0.2) is 88.4 Å². The number of fused-ring (bicyclic) bond motifs is 2. The molecule has 3 aromatic heterocycles. The molecule has 2 aliphatic rings. The Hall–Kier alpha value is -3.95. The lowest BCUT2D eigenvalue weighted by atomic mass is 9.91. The molecule has 1 saturated heterocycles. The van der Waals surface area contributed by atoms with E-state index in [9.17, 15) is 28.3 Å². The quantitative estimate of drug-likeness (QED) is 0.254. The van der Waals surface area contributed by atoms with Gasteiger partial charge in [-0.2, -0.15) is 9.47 Å². The van der Waals surface area contributed by atoms with Gasteiger partial charge in [-0.1, -0.05) is 23.7 Å². The molecule has 4 heterocycles. The Morgan fingerprint density at radius 2 is 1.94 bits per heavy atom. The lowest BCUT2D eigenvalue weighted by molar-refractivity contribution is -0.138. The molecule has 16 heteroatoms. The predicted octanol–water partition coefficient (Wildman–Crippen LogP) is 5.47. The van der Waals surface area contributed by atoms with Gasteiger partial charge in [0.2, 0.25) is 5.91 Å². The Morgan fingerprint density at radius 3 is 2.59 bits per heavy atom. The highest BCUT2D eigenvalue weighted by Crippen LogP contribution is 2.40. The number of carbonyl (C=O) groups excluding carboxylic acids is 2. The number of amides is 2. The second-order valence-corrected chi connectivity index (χ2v) is 14.9. The molecule has 1 N–H and O–H groups in total. The molecule has 0 spiro atoms. The van der Waals surface area contributed by atoms with Crippen molar-refractivity contribution < 1.29 is 28.2 Å². The van der Waals surface area contributed by atoms with E-state index in [2.05, 4.69) is 20.5 Å². The van der Waals surface area contributed by atoms with E-state index in [0.717, 1.165) is 39.1 Å². The molecule has 12 nitrogen and oxygen atoms in total. The van der Waals surface area contributed by atoms with Gasteiger partial charge in [0, 0.05) is 26.3 Å². The summed E-state index contributed by atoms with van der Waals surface area (Å²) < 4.78 is 39.8. The number of aromatic nitrogens is 5. The molecule has 1 fully saturated rings. The summed E-state index contributed by atoms with van der Waals surface area (Å²) in [6, 6.07) is 5.83. The number of halogens is 3. The number of hydrogen-bond donors (Lipinski definition) is 1. The van der Waals surface area contributed by atoms with Crippen LogP contribution in [0, 0.1) is 0 Å². The summed E-state index contributed by atoms with van der Waals surface area (Å²) in [6.07, 6.45) is 0.907. The number of piperidine rings is 1. The van der Waals surface area contributed by atoms with Crippen LogP contribution in [0.25, 0.3) is 21.5 Å². The Bertz CT molecular complexity index is 1930. The van der Waals surface area contributed by atoms with Crippen molar-refractivity contribution in [2.45, 2.75) is 89.1 Å². The zero-order chi connectivity index (χ0) is 35.2. The molecule has 6 rings (SSSR count). The fourth-order valence-electron chi connectivity index (χ4n) is 6.52. The summed E-state index contributed by atoms with van der Waals surface area (Å²) in [5, 5.41) is 15.2. The number of nitrogens with zero attached hydrogens (tertiary/aromatic N) is 7. The number of ether oxygens (including phenoxy) is 1. The molecule has 0 saturated carbocycles. The lowest BCUT2D eigenvalue weighted by Crippen LogP contribution is -2.50. The Balaban J connectivity index is 1.12. The maximum atomic E-state index is 13.7. The van der Waals surface area contributed by atoms with Crippen LogP contribution in [-0.2, 0) is 22.5 Å². The first kappa shape index (κ1) is 34.9. The second-order valence-electron chi connectivity index (χ2n) is 13.8. The van der Waals surface area contributed by atoms with E-state index >= 15 is 0 Å². The summed E-state index contributed by atoms with van der Waals surface area (Å²) in [6.45, 7) is 5.74. The summed E-state index contributed by atoms with van der Waals surface area (Å²) in [5.41, 5.74) is 1.40. The zero-order valence-electron chi connectivity index (χ0n) is 27.6. The fourth-order valence-corrected chi connectivity index (χ4v) is 7.48. The van der Waals surface area contributed by atoms with Gasteiger partial charge in [0.05, 0.1) is 35.8 Å². The molecule has 49 heavy (non-hydrogen) atoms. The minimum atomic E-state index is -2.82. The monoisotopic (exact) mass is 717 g/mol. The van der Waals surface area contributed by atoms with Crippen molar-refractivity contribution in [3.05, 3.63) is 63.4 Å². The van der Waals surface area contributed by atoms with Crippen LogP contribution in [0.15, 0.2) is 41.6 Å². The number of likely N-dealkylation sites (tertiary alicyclic amines) is 1. The minimum absolute atomic E-state index is 0.0551. The number of rotatable bonds is 8. The smallest absolute Gasteiger partial charge is 0.410 e. The summed E-state index contributed by atoms with van der Waals surface area (Å²) in [7, 11) is 1.75. The summed E-state index contributed by atoms with van der Waals surface area (Å²) in [5.74, 6) is -0.480. The third-order valence-corrected chi connectivity index (χ3v) is 10.2. The molecule has 2 unspecified atom stereocenters. The molecular weight excluding hydrogens is 680 g/mol. The second kappa shape index (κ2) is 13.4. The topological polar surface area (TPSA) is 136 Å². The van der Waals surface area contributed by atoms with Gasteiger partial charge < -0.3 is 19.6 Å². The van der Waals surface area contributed by atoms with Gasteiger partial charge in [-0.3, -0.25) is 18.8 Å². The molecule has 1 aliphatic heterocycles. The first-order valence-electron chi connectivity index (χ1n) is 16.1. The number of aryl methyl sites for hydroxylation is 1. The normalized spacial score (nSPS) is 18.1. The van der Waals surface area contributed by atoms with Crippen molar-refractivity contribution in [3.8, 4) is 10.4 Å². The van der Waals surface area contributed by atoms with Crippen molar-refractivity contribution in [2.75, 3.05) is 20.1 Å². The Kier molecular flexibility index (Phi) is 9.54. The molecule has 262 valence electrons. The number of hydrogen-bond acceptors (Lipinski definition) is 9. The molecule has 2 atom stereocenters. The lowest BCUT2D eigenvalue weighted by Gasteiger charge is -2.38. The van der Waals surface area contributed by atoms with Crippen molar-refractivity contribution >= 4 is 46.2 Å².